The monoisotopic (exact) mass is 252 g/mol. The van der Waals surface area contributed by atoms with Crippen molar-refractivity contribution in [3.8, 4) is 0 Å². The van der Waals surface area contributed by atoms with Crippen LogP contribution in [0.5, 0.6) is 0 Å². The van der Waals surface area contributed by atoms with Crippen molar-refractivity contribution in [2.45, 2.75) is 32.7 Å². The number of nitro benzene ring substituents is 1. The highest BCUT2D eigenvalue weighted by Crippen LogP contribution is 2.37. The van der Waals surface area contributed by atoms with Crippen LogP contribution in [0, 0.1) is 10.1 Å². The molecule has 0 aliphatic heterocycles. The molecule has 0 bridgehead atoms. The highest BCUT2D eigenvalue weighted by Gasteiger charge is 2.29. The third kappa shape index (κ3) is 2.53. The molecule has 1 aromatic carbocycles. The van der Waals surface area contributed by atoms with Crippen LogP contribution >= 0.6 is 0 Å². The summed E-state index contributed by atoms with van der Waals surface area (Å²) in [5.41, 5.74) is 3.08. The minimum absolute atomic E-state index is 0.00373. The van der Waals surface area contributed by atoms with Gasteiger partial charge in [0, 0.05) is 12.6 Å². The summed E-state index contributed by atoms with van der Waals surface area (Å²) in [5.74, 6) is 5.33. The molecule has 1 rings (SSSR count). The molecule has 6 nitrogen and oxygen atoms in total. The number of benzene rings is 1. The zero-order chi connectivity index (χ0) is 13.9. The third-order valence-electron chi connectivity index (χ3n) is 3.49. The minimum Gasteiger partial charge on any atom is -0.364 e. The zero-order valence-corrected chi connectivity index (χ0v) is 11.2. The van der Waals surface area contributed by atoms with E-state index in [0.717, 1.165) is 6.42 Å². The van der Waals surface area contributed by atoms with Gasteiger partial charge in [-0.25, -0.2) is 0 Å². The third-order valence-corrected chi connectivity index (χ3v) is 3.49. The fraction of sp³-hybridized carbons (Fsp3) is 0.500. The van der Waals surface area contributed by atoms with Gasteiger partial charge in [-0.05, 0) is 32.4 Å². The van der Waals surface area contributed by atoms with E-state index in [-0.39, 0.29) is 11.2 Å². The standard InChI is InChI=1S/C12H20N4O2/c1-5-12(2,3)15(4)10-8-6-7-9(14-13)11(10)16(17)18/h6-8,14H,5,13H2,1-4H3. The molecule has 18 heavy (non-hydrogen) atoms. The molecule has 0 saturated heterocycles. The van der Waals surface area contributed by atoms with Gasteiger partial charge in [0.1, 0.15) is 11.4 Å². The average Bonchev–Trinajstić information content (AvgIpc) is 2.36. The van der Waals surface area contributed by atoms with E-state index in [4.69, 9.17) is 5.84 Å². The molecule has 0 heterocycles. The van der Waals surface area contributed by atoms with Gasteiger partial charge in [0.15, 0.2) is 0 Å². The van der Waals surface area contributed by atoms with E-state index in [0.29, 0.717) is 11.4 Å². The lowest BCUT2D eigenvalue weighted by molar-refractivity contribution is -0.383. The van der Waals surface area contributed by atoms with Gasteiger partial charge in [0.2, 0.25) is 0 Å². The van der Waals surface area contributed by atoms with Crippen LogP contribution in [0.1, 0.15) is 27.2 Å². The summed E-state index contributed by atoms with van der Waals surface area (Å²) in [6.45, 7) is 6.13. The van der Waals surface area contributed by atoms with Crippen LogP contribution in [0.25, 0.3) is 0 Å². The fourth-order valence-corrected chi connectivity index (χ4v) is 1.67. The van der Waals surface area contributed by atoms with E-state index in [1.165, 1.54) is 0 Å². The first-order valence-corrected chi connectivity index (χ1v) is 5.83. The quantitative estimate of drug-likeness (QED) is 0.478. The lowest BCUT2D eigenvalue weighted by Gasteiger charge is -2.36. The number of nitrogen functional groups attached to an aromatic ring is 1. The molecule has 6 heteroatoms. The lowest BCUT2D eigenvalue weighted by atomic mass is 9.98. The van der Waals surface area contributed by atoms with Gasteiger partial charge < -0.3 is 10.3 Å². The van der Waals surface area contributed by atoms with Crippen molar-refractivity contribution < 1.29 is 4.92 Å². The predicted octanol–water partition coefficient (Wildman–Crippen LogP) is 2.51. The molecule has 100 valence electrons. The Morgan fingerprint density at radius 2 is 2.11 bits per heavy atom. The Hall–Kier alpha value is -1.82. The van der Waals surface area contributed by atoms with Crippen LogP contribution in [0.4, 0.5) is 17.1 Å². The smallest absolute Gasteiger partial charge is 0.316 e. The van der Waals surface area contributed by atoms with Gasteiger partial charge in [0.05, 0.1) is 4.92 Å². The van der Waals surface area contributed by atoms with Crippen molar-refractivity contribution in [1.29, 1.82) is 0 Å². The van der Waals surface area contributed by atoms with Crippen LogP contribution in [0.2, 0.25) is 0 Å². The van der Waals surface area contributed by atoms with E-state index in [1.54, 1.807) is 18.2 Å². The number of hydrogen-bond donors (Lipinski definition) is 2. The number of nitro groups is 1. The van der Waals surface area contributed by atoms with E-state index < -0.39 is 4.92 Å². The number of nitrogens with two attached hydrogens (primary N) is 1. The molecule has 0 aliphatic carbocycles. The Kier molecular flexibility index (Phi) is 4.13. The van der Waals surface area contributed by atoms with Gasteiger partial charge in [-0.1, -0.05) is 13.0 Å². The Bertz CT molecular complexity index is 446. The summed E-state index contributed by atoms with van der Waals surface area (Å²) in [7, 11) is 1.85. The Morgan fingerprint density at radius 1 is 1.50 bits per heavy atom. The number of nitrogens with one attached hydrogen (secondary N) is 1. The highest BCUT2D eigenvalue weighted by molar-refractivity contribution is 5.77. The number of para-hydroxylation sites is 1. The molecule has 0 amide bonds. The normalized spacial score (nSPS) is 11.2. The molecule has 1 aromatic rings. The van der Waals surface area contributed by atoms with Gasteiger partial charge in [-0.15, -0.1) is 0 Å². The summed E-state index contributed by atoms with van der Waals surface area (Å²) < 4.78 is 0. The summed E-state index contributed by atoms with van der Waals surface area (Å²) in [4.78, 5) is 12.7. The number of hydrazine groups is 1. The van der Waals surface area contributed by atoms with Crippen LogP contribution in [0.15, 0.2) is 18.2 Å². The molecular formula is C12H20N4O2. The zero-order valence-electron chi connectivity index (χ0n) is 11.2. The molecule has 0 unspecified atom stereocenters. The second-order valence-electron chi connectivity index (χ2n) is 4.80. The summed E-state index contributed by atoms with van der Waals surface area (Å²) in [5, 5.41) is 11.2. The number of rotatable bonds is 5. The van der Waals surface area contributed by atoms with Gasteiger partial charge >= 0.3 is 5.69 Å². The number of hydrogen-bond acceptors (Lipinski definition) is 5. The molecule has 0 spiro atoms. The Morgan fingerprint density at radius 3 is 2.56 bits per heavy atom. The van der Waals surface area contributed by atoms with E-state index in [1.807, 2.05) is 32.7 Å². The molecule has 0 aromatic heterocycles. The van der Waals surface area contributed by atoms with E-state index in [9.17, 15) is 10.1 Å². The maximum atomic E-state index is 11.2. The fourth-order valence-electron chi connectivity index (χ4n) is 1.67. The van der Waals surface area contributed by atoms with Gasteiger partial charge in [-0.2, -0.15) is 0 Å². The van der Waals surface area contributed by atoms with Crippen molar-refractivity contribution in [3.63, 3.8) is 0 Å². The maximum Gasteiger partial charge on any atom is 0.316 e. The van der Waals surface area contributed by atoms with Crippen LogP contribution < -0.4 is 16.2 Å². The SMILES string of the molecule is CCC(C)(C)N(C)c1cccc(NN)c1[N+](=O)[O-]. The molecule has 0 aliphatic rings. The minimum atomic E-state index is -0.410. The Balaban J connectivity index is 3.36. The largest absolute Gasteiger partial charge is 0.364 e. The van der Waals surface area contributed by atoms with Crippen molar-refractivity contribution in [2.24, 2.45) is 5.84 Å². The number of nitrogens with zero attached hydrogens (tertiary/aromatic N) is 2. The van der Waals surface area contributed by atoms with Crippen molar-refractivity contribution in [3.05, 3.63) is 28.3 Å². The van der Waals surface area contributed by atoms with E-state index >= 15 is 0 Å². The van der Waals surface area contributed by atoms with Crippen LogP contribution in [-0.4, -0.2) is 17.5 Å². The highest BCUT2D eigenvalue weighted by atomic mass is 16.6. The topological polar surface area (TPSA) is 84.4 Å². The lowest BCUT2D eigenvalue weighted by Crippen LogP contribution is -2.40. The second kappa shape index (κ2) is 5.22. The summed E-state index contributed by atoms with van der Waals surface area (Å²) in [6, 6.07) is 5.07. The Labute approximate surface area is 107 Å². The molecular weight excluding hydrogens is 232 g/mol. The van der Waals surface area contributed by atoms with Crippen LogP contribution in [0.3, 0.4) is 0 Å². The average molecular weight is 252 g/mol. The molecule has 3 N–H and O–H groups in total. The summed E-state index contributed by atoms with van der Waals surface area (Å²) >= 11 is 0. The first-order chi connectivity index (χ1) is 8.35. The van der Waals surface area contributed by atoms with Crippen molar-refractivity contribution >= 4 is 17.1 Å². The molecule has 0 radical (unpaired) electrons. The number of anilines is 2. The van der Waals surface area contributed by atoms with Crippen LogP contribution in [-0.2, 0) is 0 Å². The predicted molar refractivity (Wildman–Crippen MR) is 73.7 cm³/mol. The van der Waals surface area contributed by atoms with E-state index in [2.05, 4.69) is 5.43 Å². The second-order valence-corrected chi connectivity index (χ2v) is 4.80. The first kappa shape index (κ1) is 14.2. The van der Waals surface area contributed by atoms with Gasteiger partial charge in [-0.3, -0.25) is 16.0 Å². The molecule has 0 saturated carbocycles. The first-order valence-electron chi connectivity index (χ1n) is 5.83. The van der Waals surface area contributed by atoms with Gasteiger partial charge in [0.25, 0.3) is 0 Å². The molecule has 0 atom stereocenters. The van der Waals surface area contributed by atoms with Crippen molar-refractivity contribution in [2.75, 3.05) is 17.4 Å². The maximum absolute atomic E-state index is 11.2. The van der Waals surface area contributed by atoms with Crippen molar-refractivity contribution in [1.82, 2.24) is 0 Å². The molecule has 0 fully saturated rings. The summed E-state index contributed by atoms with van der Waals surface area (Å²) in [6.07, 6.45) is 0.876.